The van der Waals surface area contributed by atoms with Crippen LogP contribution in [0.1, 0.15) is 21.6 Å². The molecular weight excluding hydrogens is 406 g/mol. The number of H-pyrrole nitrogens is 1. The van der Waals surface area contributed by atoms with Gasteiger partial charge in [0.15, 0.2) is 11.5 Å². The molecule has 0 atom stereocenters. The summed E-state index contributed by atoms with van der Waals surface area (Å²) in [5.74, 6) is -1.24. The SMILES string of the molecule is Cc1ccc(CN(C)C(=O)c2nc(-c3ncccc3N(C)C)[nH]c(=O)c2O)cc1Cl. The molecule has 0 fully saturated rings. The average molecular weight is 428 g/mol. The van der Waals surface area contributed by atoms with Gasteiger partial charge in [-0.15, -0.1) is 0 Å². The number of aromatic nitrogens is 3. The third-order valence-electron chi connectivity index (χ3n) is 4.59. The fraction of sp³-hybridized carbons (Fsp3) is 0.238. The quantitative estimate of drug-likeness (QED) is 0.649. The maximum atomic E-state index is 13.0. The van der Waals surface area contributed by atoms with Crippen LogP contribution in [0, 0.1) is 6.92 Å². The van der Waals surface area contributed by atoms with Gasteiger partial charge in [0.2, 0.25) is 5.75 Å². The molecule has 30 heavy (non-hydrogen) atoms. The van der Waals surface area contributed by atoms with Gasteiger partial charge in [-0.3, -0.25) is 14.6 Å². The molecule has 1 amide bonds. The lowest BCUT2D eigenvalue weighted by molar-refractivity contribution is 0.0775. The number of carbonyl (C=O) groups excluding carboxylic acids is 1. The fourth-order valence-corrected chi connectivity index (χ4v) is 3.13. The highest BCUT2D eigenvalue weighted by Gasteiger charge is 2.23. The molecule has 0 unspecified atom stereocenters. The first-order valence-corrected chi connectivity index (χ1v) is 9.53. The zero-order valence-electron chi connectivity index (χ0n) is 17.1. The molecule has 0 saturated carbocycles. The maximum absolute atomic E-state index is 13.0. The normalized spacial score (nSPS) is 10.7. The first-order chi connectivity index (χ1) is 14.2. The molecule has 2 heterocycles. The molecule has 3 rings (SSSR count). The molecular formula is C21H22ClN5O3. The molecule has 9 heteroatoms. The van der Waals surface area contributed by atoms with Gasteiger partial charge < -0.3 is 19.9 Å². The van der Waals surface area contributed by atoms with Crippen molar-refractivity contribution in [3.05, 3.63) is 68.7 Å². The number of nitrogens with one attached hydrogen (secondary N) is 1. The lowest BCUT2D eigenvalue weighted by atomic mass is 10.1. The van der Waals surface area contributed by atoms with Crippen LogP contribution in [0.5, 0.6) is 5.75 Å². The predicted octanol–water partition coefficient (Wildman–Crippen LogP) is 2.84. The van der Waals surface area contributed by atoms with E-state index in [1.54, 1.807) is 25.4 Å². The van der Waals surface area contributed by atoms with Crippen LogP contribution in [0.15, 0.2) is 41.3 Å². The lowest BCUT2D eigenvalue weighted by Gasteiger charge is -2.19. The predicted molar refractivity (Wildman–Crippen MR) is 116 cm³/mol. The van der Waals surface area contributed by atoms with Gasteiger partial charge in [-0.25, -0.2) is 4.98 Å². The summed E-state index contributed by atoms with van der Waals surface area (Å²) in [6, 6.07) is 9.06. The Morgan fingerprint density at radius 3 is 2.63 bits per heavy atom. The van der Waals surface area contributed by atoms with Gasteiger partial charge in [-0.05, 0) is 36.2 Å². The summed E-state index contributed by atoms with van der Waals surface area (Å²) >= 11 is 6.16. The number of aromatic hydroxyl groups is 1. The Morgan fingerprint density at radius 1 is 1.23 bits per heavy atom. The molecule has 0 bridgehead atoms. The van der Waals surface area contributed by atoms with Crippen LogP contribution >= 0.6 is 11.6 Å². The van der Waals surface area contributed by atoms with E-state index >= 15 is 0 Å². The lowest BCUT2D eigenvalue weighted by Crippen LogP contribution is -2.29. The number of nitrogens with zero attached hydrogens (tertiary/aromatic N) is 4. The Hall–Kier alpha value is -3.39. The fourth-order valence-electron chi connectivity index (χ4n) is 2.93. The number of benzene rings is 1. The van der Waals surface area contributed by atoms with Gasteiger partial charge in [0.25, 0.3) is 11.5 Å². The molecule has 0 radical (unpaired) electrons. The van der Waals surface area contributed by atoms with Crippen molar-refractivity contribution in [3.8, 4) is 17.3 Å². The van der Waals surface area contributed by atoms with Crippen molar-refractivity contribution in [2.75, 3.05) is 26.0 Å². The number of halogens is 1. The minimum atomic E-state index is -0.814. The third kappa shape index (κ3) is 4.28. The van der Waals surface area contributed by atoms with Crippen LogP contribution in [0.2, 0.25) is 5.02 Å². The second-order valence-electron chi connectivity index (χ2n) is 7.12. The van der Waals surface area contributed by atoms with E-state index in [4.69, 9.17) is 11.6 Å². The molecule has 0 saturated heterocycles. The summed E-state index contributed by atoms with van der Waals surface area (Å²) < 4.78 is 0. The van der Waals surface area contributed by atoms with Crippen LogP contribution < -0.4 is 10.5 Å². The standard InChI is InChI=1S/C21H22ClN5O3/c1-12-7-8-13(10-14(12)22)11-27(4)21(30)17-18(28)20(29)25-19(24-17)16-15(26(2)3)6-5-9-23-16/h5-10,28H,11H2,1-4H3,(H,24,25,29). The minimum Gasteiger partial charge on any atom is -0.501 e. The molecule has 0 spiro atoms. The molecule has 3 aromatic rings. The number of pyridine rings is 1. The second-order valence-corrected chi connectivity index (χ2v) is 7.53. The van der Waals surface area contributed by atoms with Crippen molar-refractivity contribution >= 4 is 23.2 Å². The van der Waals surface area contributed by atoms with E-state index in [-0.39, 0.29) is 18.1 Å². The van der Waals surface area contributed by atoms with Crippen LogP contribution in [0.25, 0.3) is 11.5 Å². The molecule has 0 aliphatic carbocycles. The molecule has 156 valence electrons. The van der Waals surface area contributed by atoms with Crippen LogP contribution in [-0.4, -0.2) is 52.0 Å². The Labute approximate surface area is 178 Å². The van der Waals surface area contributed by atoms with Gasteiger partial charge in [0.05, 0.1) is 5.69 Å². The Kier molecular flexibility index (Phi) is 6.07. The number of rotatable bonds is 5. The Morgan fingerprint density at radius 2 is 1.97 bits per heavy atom. The number of carbonyl (C=O) groups is 1. The van der Waals surface area contributed by atoms with Crippen molar-refractivity contribution in [1.29, 1.82) is 0 Å². The number of anilines is 1. The number of hydrogen-bond donors (Lipinski definition) is 2. The molecule has 8 nitrogen and oxygen atoms in total. The number of aryl methyl sites for hydroxylation is 1. The summed E-state index contributed by atoms with van der Waals surface area (Å²) in [5.41, 5.74) is 1.68. The summed E-state index contributed by atoms with van der Waals surface area (Å²) in [5, 5.41) is 10.8. The molecule has 1 aromatic carbocycles. The third-order valence-corrected chi connectivity index (χ3v) is 5.00. The maximum Gasteiger partial charge on any atom is 0.294 e. The smallest absolute Gasteiger partial charge is 0.294 e. The van der Waals surface area contributed by atoms with Crippen LogP contribution in [0.4, 0.5) is 5.69 Å². The van der Waals surface area contributed by atoms with Gasteiger partial charge in [-0.2, -0.15) is 0 Å². The van der Waals surface area contributed by atoms with E-state index in [1.807, 2.05) is 44.1 Å². The molecule has 2 aromatic heterocycles. The minimum absolute atomic E-state index is 0.0947. The zero-order valence-corrected chi connectivity index (χ0v) is 17.9. The van der Waals surface area contributed by atoms with Crippen molar-refractivity contribution in [2.45, 2.75) is 13.5 Å². The van der Waals surface area contributed by atoms with Crippen LogP contribution in [0.3, 0.4) is 0 Å². The second kappa shape index (κ2) is 8.54. The van der Waals surface area contributed by atoms with Crippen LogP contribution in [-0.2, 0) is 6.54 Å². The first kappa shape index (κ1) is 21.3. The largest absolute Gasteiger partial charge is 0.501 e. The van der Waals surface area contributed by atoms with Crippen molar-refractivity contribution in [3.63, 3.8) is 0 Å². The van der Waals surface area contributed by atoms with Gasteiger partial charge >= 0.3 is 0 Å². The van der Waals surface area contributed by atoms with Crippen molar-refractivity contribution < 1.29 is 9.90 Å². The highest BCUT2D eigenvalue weighted by Crippen LogP contribution is 2.25. The van der Waals surface area contributed by atoms with E-state index in [2.05, 4.69) is 15.0 Å². The highest BCUT2D eigenvalue weighted by molar-refractivity contribution is 6.31. The molecule has 0 aliphatic rings. The summed E-state index contributed by atoms with van der Waals surface area (Å²) in [6.45, 7) is 2.12. The topological polar surface area (TPSA) is 102 Å². The van der Waals surface area contributed by atoms with Gasteiger partial charge in [-0.1, -0.05) is 23.7 Å². The van der Waals surface area contributed by atoms with Crippen molar-refractivity contribution in [2.24, 2.45) is 0 Å². The number of aromatic amines is 1. The van der Waals surface area contributed by atoms with E-state index in [0.29, 0.717) is 16.4 Å². The molecule has 2 N–H and O–H groups in total. The van der Waals surface area contributed by atoms with E-state index < -0.39 is 17.2 Å². The summed E-state index contributed by atoms with van der Waals surface area (Å²) in [6.07, 6.45) is 1.56. The average Bonchev–Trinajstić information content (AvgIpc) is 2.72. The van der Waals surface area contributed by atoms with Gasteiger partial charge in [0.1, 0.15) is 5.69 Å². The first-order valence-electron chi connectivity index (χ1n) is 9.15. The number of amides is 1. The van der Waals surface area contributed by atoms with Crippen molar-refractivity contribution in [1.82, 2.24) is 19.9 Å². The Bertz CT molecular complexity index is 1160. The van der Waals surface area contributed by atoms with E-state index in [0.717, 1.165) is 11.1 Å². The molecule has 0 aliphatic heterocycles. The Balaban J connectivity index is 1.98. The highest BCUT2D eigenvalue weighted by atomic mass is 35.5. The van der Waals surface area contributed by atoms with E-state index in [1.165, 1.54) is 4.90 Å². The summed E-state index contributed by atoms with van der Waals surface area (Å²) in [4.78, 5) is 39.4. The monoisotopic (exact) mass is 427 g/mol. The summed E-state index contributed by atoms with van der Waals surface area (Å²) in [7, 11) is 5.21. The van der Waals surface area contributed by atoms with E-state index in [9.17, 15) is 14.7 Å². The zero-order chi connectivity index (χ0) is 22.0. The van der Waals surface area contributed by atoms with Gasteiger partial charge in [0, 0.05) is 38.9 Å². The number of hydrogen-bond acceptors (Lipinski definition) is 6.